The molecule has 1 fully saturated rings. The van der Waals surface area contributed by atoms with E-state index >= 15 is 0 Å². The van der Waals surface area contributed by atoms with Gasteiger partial charge in [0.05, 0.1) is 16.6 Å². The molecular weight excluding hydrogens is 393 g/mol. The summed E-state index contributed by atoms with van der Waals surface area (Å²) in [5, 5.41) is 18.7. The highest BCUT2D eigenvalue weighted by Crippen LogP contribution is 2.42. The lowest BCUT2D eigenvalue weighted by atomic mass is 9.75. The Hall–Kier alpha value is -2.35. The fraction of sp³-hybridized carbons (Fsp3) is 0.250. The van der Waals surface area contributed by atoms with Crippen molar-refractivity contribution >= 4 is 11.6 Å². The van der Waals surface area contributed by atoms with Crippen LogP contribution in [0.5, 0.6) is 0 Å². The highest BCUT2D eigenvalue weighted by molar-refractivity contribution is 6.33. The molecule has 1 aliphatic heterocycles. The number of nitrogens with one attached hydrogen (secondary N) is 1. The van der Waals surface area contributed by atoms with Gasteiger partial charge in [0.25, 0.3) is 0 Å². The SMILES string of the molecule is O[C@]1(c2ccc(F)c(F)c2)CCNC[C@H]1c1cc(-c2ccc(F)cc2Cl)on1. The number of benzene rings is 2. The maximum Gasteiger partial charge on any atom is 0.168 e. The maximum absolute atomic E-state index is 13.8. The van der Waals surface area contributed by atoms with Gasteiger partial charge in [-0.25, -0.2) is 13.2 Å². The Kier molecular flexibility index (Phi) is 4.91. The van der Waals surface area contributed by atoms with Gasteiger partial charge in [0.1, 0.15) is 11.4 Å². The lowest BCUT2D eigenvalue weighted by Gasteiger charge is -2.39. The molecule has 0 amide bonds. The molecule has 0 unspecified atom stereocenters. The molecule has 0 radical (unpaired) electrons. The number of halogens is 4. The van der Waals surface area contributed by atoms with Crippen LogP contribution in [0.3, 0.4) is 0 Å². The Morgan fingerprint density at radius 2 is 1.93 bits per heavy atom. The Labute approximate surface area is 163 Å². The van der Waals surface area contributed by atoms with Crippen LogP contribution < -0.4 is 5.32 Å². The number of aliphatic hydroxyl groups is 1. The van der Waals surface area contributed by atoms with E-state index in [0.717, 1.165) is 12.1 Å². The summed E-state index contributed by atoms with van der Waals surface area (Å²) in [6.07, 6.45) is 0.280. The monoisotopic (exact) mass is 408 g/mol. The van der Waals surface area contributed by atoms with Gasteiger partial charge in [-0.2, -0.15) is 0 Å². The predicted molar refractivity (Wildman–Crippen MR) is 97.4 cm³/mol. The summed E-state index contributed by atoms with van der Waals surface area (Å²) in [6.45, 7) is 0.860. The van der Waals surface area contributed by atoms with E-state index in [-0.39, 0.29) is 17.0 Å². The molecule has 2 N–H and O–H groups in total. The molecular formula is C20H16ClF3N2O2. The lowest BCUT2D eigenvalue weighted by molar-refractivity contribution is -0.0177. The summed E-state index contributed by atoms with van der Waals surface area (Å²) in [5.74, 6) is -2.73. The Bertz CT molecular complexity index is 1030. The fourth-order valence-electron chi connectivity index (χ4n) is 3.60. The zero-order valence-corrected chi connectivity index (χ0v) is 15.3. The molecule has 1 aromatic heterocycles. The van der Waals surface area contributed by atoms with Gasteiger partial charge < -0.3 is 14.9 Å². The summed E-state index contributed by atoms with van der Waals surface area (Å²) < 4.78 is 45.7. The maximum atomic E-state index is 13.8. The second kappa shape index (κ2) is 7.24. The predicted octanol–water partition coefficient (Wildman–Crippen LogP) is 4.38. The molecule has 2 atom stereocenters. The highest BCUT2D eigenvalue weighted by atomic mass is 35.5. The van der Waals surface area contributed by atoms with Gasteiger partial charge >= 0.3 is 0 Å². The molecule has 0 bridgehead atoms. The van der Waals surface area contributed by atoms with Gasteiger partial charge in [0.2, 0.25) is 0 Å². The van der Waals surface area contributed by atoms with E-state index in [0.29, 0.717) is 30.1 Å². The molecule has 4 rings (SSSR count). The third-order valence-corrected chi connectivity index (χ3v) is 5.42. The number of aromatic nitrogens is 1. The summed E-state index contributed by atoms with van der Waals surface area (Å²) in [6, 6.07) is 8.88. The topological polar surface area (TPSA) is 58.3 Å². The van der Waals surface area contributed by atoms with Crippen LogP contribution in [-0.4, -0.2) is 23.4 Å². The third-order valence-electron chi connectivity index (χ3n) is 5.11. The van der Waals surface area contributed by atoms with Crippen molar-refractivity contribution in [2.24, 2.45) is 0 Å². The van der Waals surface area contributed by atoms with Crippen molar-refractivity contribution in [3.05, 3.63) is 76.2 Å². The Morgan fingerprint density at radius 1 is 1.11 bits per heavy atom. The molecule has 1 aliphatic rings. The number of hydrogen-bond donors (Lipinski definition) is 2. The second-order valence-electron chi connectivity index (χ2n) is 6.80. The van der Waals surface area contributed by atoms with Crippen LogP contribution in [-0.2, 0) is 5.60 Å². The average molecular weight is 409 g/mol. The molecule has 3 aromatic rings. The normalized spacial score (nSPS) is 22.4. The molecule has 4 nitrogen and oxygen atoms in total. The minimum atomic E-state index is -1.46. The minimum Gasteiger partial charge on any atom is -0.384 e. The number of rotatable bonds is 3. The molecule has 8 heteroatoms. The first-order chi connectivity index (χ1) is 13.4. The summed E-state index contributed by atoms with van der Waals surface area (Å²) in [5.41, 5.74) is -0.306. The van der Waals surface area contributed by atoms with Crippen LogP contribution >= 0.6 is 11.6 Å². The van der Waals surface area contributed by atoms with E-state index in [1.165, 1.54) is 24.3 Å². The van der Waals surface area contributed by atoms with Crippen LogP contribution in [0.1, 0.15) is 23.6 Å². The largest absolute Gasteiger partial charge is 0.384 e. The average Bonchev–Trinajstić information content (AvgIpc) is 3.13. The summed E-state index contributed by atoms with van der Waals surface area (Å²) in [7, 11) is 0. The van der Waals surface area contributed by atoms with Crippen molar-refractivity contribution < 1.29 is 22.8 Å². The van der Waals surface area contributed by atoms with E-state index < -0.39 is 29.0 Å². The number of hydrogen-bond acceptors (Lipinski definition) is 4. The first-order valence-corrected chi connectivity index (χ1v) is 9.07. The van der Waals surface area contributed by atoms with E-state index in [2.05, 4.69) is 10.5 Å². The Morgan fingerprint density at radius 3 is 2.68 bits per heavy atom. The van der Waals surface area contributed by atoms with Crippen LogP contribution in [0.4, 0.5) is 13.2 Å². The number of nitrogens with zero attached hydrogens (tertiary/aromatic N) is 1. The van der Waals surface area contributed by atoms with Gasteiger partial charge in [-0.1, -0.05) is 22.8 Å². The Balaban J connectivity index is 1.72. The van der Waals surface area contributed by atoms with Crippen molar-refractivity contribution in [2.75, 3.05) is 13.1 Å². The van der Waals surface area contributed by atoms with Crippen molar-refractivity contribution in [1.82, 2.24) is 10.5 Å². The first-order valence-electron chi connectivity index (χ1n) is 8.69. The zero-order chi connectivity index (χ0) is 19.9. The standard InChI is InChI=1S/C20H16ClF3N2O2/c21-15-8-12(22)2-3-13(15)19-9-18(26-28-19)14-10-25-6-5-20(14,27)11-1-4-16(23)17(24)7-11/h1-4,7-9,14,25,27H,5-6,10H2/t14-,20-/m0/s1. The molecule has 1 saturated heterocycles. The minimum absolute atomic E-state index is 0.167. The highest BCUT2D eigenvalue weighted by Gasteiger charge is 2.43. The van der Waals surface area contributed by atoms with E-state index in [9.17, 15) is 18.3 Å². The van der Waals surface area contributed by atoms with Crippen molar-refractivity contribution in [3.63, 3.8) is 0 Å². The second-order valence-corrected chi connectivity index (χ2v) is 7.21. The first kappa shape index (κ1) is 19.0. The van der Waals surface area contributed by atoms with Gasteiger partial charge in [0.15, 0.2) is 17.4 Å². The van der Waals surface area contributed by atoms with Gasteiger partial charge in [-0.3, -0.25) is 0 Å². The summed E-state index contributed by atoms with van der Waals surface area (Å²) >= 11 is 6.08. The lowest BCUT2D eigenvalue weighted by Crippen LogP contribution is -2.46. The molecule has 0 saturated carbocycles. The third kappa shape index (κ3) is 3.30. The molecule has 146 valence electrons. The smallest absolute Gasteiger partial charge is 0.168 e. The van der Waals surface area contributed by atoms with Gasteiger partial charge in [0, 0.05) is 18.2 Å². The van der Waals surface area contributed by atoms with E-state index in [1.54, 1.807) is 6.07 Å². The fourth-order valence-corrected chi connectivity index (χ4v) is 3.86. The number of piperidine rings is 1. The van der Waals surface area contributed by atoms with Crippen LogP contribution in [0.15, 0.2) is 47.0 Å². The zero-order valence-electron chi connectivity index (χ0n) is 14.6. The van der Waals surface area contributed by atoms with Crippen LogP contribution in [0.2, 0.25) is 5.02 Å². The van der Waals surface area contributed by atoms with Crippen molar-refractivity contribution in [2.45, 2.75) is 17.9 Å². The van der Waals surface area contributed by atoms with Crippen molar-refractivity contribution in [1.29, 1.82) is 0 Å². The van der Waals surface area contributed by atoms with E-state index in [4.69, 9.17) is 16.1 Å². The van der Waals surface area contributed by atoms with Gasteiger partial charge in [-0.05, 0) is 48.9 Å². The molecule has 2 heterocycles. The van der Waals surface area contributed by atoms with E-state index in [1.807, 2.05) is 0 Å². The molecule has 0 aliphatic carbocycles. The van der Waals surface area contributed by atoms with Crippen molar-refractivity contribution in [3.8, 4) is 11.3 Å². The van der Waals surface area contributed by atoms with Crippen LogP contribution in [0, 0.1) is 17.5 Å². The quantitative estimate of drug-likeness (QED) is 0.675. The van der Waals surface area contributed by atoms with Gasteiger partial charge in [-0.15, -0.1) is 0 Å². The molecule has 2 aromatic carbocycles. The molecule has 0 spiro atoms. The van der Waals surface area contributed by atoms with Crippen LogP contribution in [0.25, 0.3) is 11.3 Å². The summed E-state index contributed by atoms with van der Waals surface area (Å²) in [4.78, 5) is 0. The molecule has 28 heavy (non-hydrogen) atoms.